The molecule has 0 aliphatic carbocycles. The SMILES string of the molecule is Cc1c(CN[C@H](CC(C)C)C(=O)O)sc2c(Cl)cccc12. The minimum absolute atomic E-state index is 0.344. The maximum absolute atomic E-state index is 11.3. The Hall–Kier alpha value is -1.10. The number of thiophene rings is 1. The fraction of sp³-hybridized carbons (Fsp3) is 0.438. The lowest BCUT2D eigenvalue weighted by atomic mass is 10.0. The quantitative estimate of drug-likeness (QED) is 0.824. The lowest BCUT2D eigenvalue weighted by Gasteiger charge is -2.16. The zero-order valence-corrected chi connectivity index (χ0v) is 14.0. The number of aryl methyl sites for hydroxylation is 1. The average molecular weight is 326 g/mol. The lowest BCUT2D eigenvalue weighted by molar-refractivity contribution is -0.140. The Balaban J connectivity index is 2.18. The fourth-order valence-corrected chi connectivity index (χ4v) is 3.84. The molecule has 2 aromatic rings. The van der Waals surface area contributed by atoms with Gasteiger partial charge in [-0.1, -0.05) is 37.6 Å². The van der Waals surface area contributed by atoms with E-state index in [1.54, 1.807) is 11.3 Å². The molecule has 0 saturated carbocycles. The van der Waals surface area contributed by atoms with Crippen molar-refractivity contribution in [1.29, 1.82) is 0 Å². The number of benzene rings is 1. The van der Waals surface area contributed by atoms with E-state index >= 15 is 0 Å². The van der Waals surface area contributed by atoms with Gasteiger partial charge in [-0.25, -0.2) is 0 Å². The predicted octanol–water partition coefficient (Wildman–Crippen LogP) is 4.45. The Bertz CT molecular complexity index is 651. The van der Waals surface area contributed by atoms with E-state index in [4.69, 9.17) is 11.6 Å². The number of carbonyl (C=O) groups is 1. The predicted molar refractivity (Wildman–Crippen MR) is 89.3 cm³/mol. The van der Waals surface area contributed by atoms with Crippen molar-refractivity contribution < 1.29 is 9.90 Å². The molecule has 114 valence electrons. The molecular formula is C16H20ClNO2S. The molecule has 0 fully saturated rings. The van der Waals surface area contributed by atoms with Gasteiger partial charge in [-0.15, -0.1) is 11.3 Å². The van der Waals surface area contributed by atoms with E-state index in [9.17, 15) is 9.90 Å². The Labute approximate surface area is 133 Å². The van der Waals surface area contributed by atoms with Gasteiger partial charge in [-0.05, 0) is 36.3 Å². The summed E-state index contributed by atoms with van der Waals surface area (Å²) in [6, 6.07) is 5.38. The number of hydrogen-bond acceptors (Lipinski definition) is 3. The van der Waals surface area contributed by atoms with Crippen molar-refractivity contribution in [1.82, 2.24) is 5.32 Å². The highest BCUT2D eigenvalue weighted by Crippen LogP contribution is 2.35. The average Bonchev–Trinajstić information content (AvgIpc) is 2.73. The van der Waals surface area contributed by atoms with Gasteiger partial charge in [0.2, 0.25) is 0 Å². The number of fused-ring (bicyclic) bond motifs is 1. The van der Waals surface area contributed by atoms with Gasteiger partial charge < -0.3 is 5.11 Å². The smallest absolute Gasteiger partial charge is 0.320 e. The topological polar surface area (TPSA) is 49.3 Å². The first-order valence-corrected chi connectivity index (χ1v) is 8.22. The molecule has 3 nitrogen and oxygen atoms in total. The van der Waals surface area contributed by atoms with E-state index in [1.807, 2.05) is 26.0 Å². The summed E-state index contributed by atoms with van der Waals surface area (Å²) in [5.41, 5.74) is 1.18. The van der Waals surface area contributed by atoms with E-state index < -0.39 is 12.0 Å². The van der Waals surface area contributed by atoms with Crippen LogP contribution in [0, 0.1) is 12.8 Å². The van der Waals surface area contributed by atoms with Crippen molar-refractivity contribution in [3.63, 3.8) is 0 Å². The number of halogens is 1. The van der Waals surface area contributed by atoms with Crippen molar-refractivity contribution in [2.45, 2.75) is 39.8 Å². The first-order valence-electron chi connectivity index (χ1n) is 7.02. The molecule has 0 spiro atoms. The molecule has 5 heteroatoms. The largest absolute Gasteiger partial charge is 0.480 e. The van der Waals surface area contributed by atoms with Crippen LogP contribution >= 0.6 is 22.9 Å². The first-order chi connectivity index (χ1) is 9.90. The van der Waals surface area contributed by atoms with Gasteiger partial charge in [0.05, 0.1) is 9.72 Å². The van der Waals surface area contributed by atoms with Crippen LogP contribution in [0.4, 0.5) is 0 Å². The van der Waals surface area contributed by atoms with E-state index in [0.29, 0.717) is 18.9 Å². The van der Waals surface area contributed by atoms with Gasteiger partial charge >= 0.3 is 5.97 Å². The van der Waals surface area contributed by atoms with Crippen LogP contribution in [0.5, 0.6) is 0 Å². The summed E-state index contributed by atoms with van der Waals surface area (Å²) in [6.07, 6.45) is 0.625. The summed E-state index contributed by atoms with van der Waals surface area (Å²) in [5.74, 6) is -0.447. The molecule has 1 aromatic carbocycles. The van der Waals surface area contributed by atoms with Gasteiger partial charge in [0.1, 0.15) is 6.04 Å². The van der Waals surface area contributed by atoms with E-state index in [2.05, 4.69) is 18.3 Å². The van der Waals surface area contributed by atoms with Gasteiger partial charge in [-0.2, -0.15) is 0 Å². The normalized spacial score (nSPS) is 13.0. The monoisotopic (exact) mass is 325 g/mol. The summed E-state index contributed by atoms with van der Waals surface area (Å²) in [7, 11) is 0. The van der Waals surface area contributed by atoms with Gasteiger partial charge in [0, 0.05) is 11.4 Å². The fourth-order valence-electron chi connectivity index (χ4n) is 2.39. The van der Waals surface area contributed by atoms with Crippen LogP contribution < -0.4 is 5.32 Å². The second-order valence-electron chi connectivity index (χ2n) is 5.67. The number of carboxylic acid groups (broad SMARTS) is 1. The minimum Gasteiger partial charge on any atom is -0.480 e. The highest BCUT2D eigenvalue weighted by molar-refractivity contribution is 7.20. The van der Waals surface area contributed by atoms with E-state index in [-0.39, 0.29) is 0 Å². The molecule has 0 saturated heterocycles. The summed E-state index contributed by atoms with van der Waals surface area (Å²) in [5, 5.41) is 14.3. The molecule has 2 N–H and O–H groups in total. The van der Waals surface area contributed by atoms with Crippen molar-refractivity contribution in [3.8, 4) is 0 Å². The number of carboxylic acids is 1. The van der Waals surface area contributed by atoms with Gasteiger partial charge in [-0.3, -0.25) is 10.1 Å². The zero-order valence-electron chi connectivity index (χ0n) is 12.4. The molecule has 0 radical (unpaired) electrons. The van der Waals surface area contributed by atoms with Crippen LogP contribution in [0.2, 0.25) is 5.02 Å². The van der Waals surface area contributed by atoms with Crippen LogP contribution in [0.15, 0.2) is 18.2 Å². The molecule has 0 aliphatic rings. The number of hydrogen-bond donors (Lipinski definition) is 2. The van der Waals surface area contributed by atoms with Crippen LogP contribution in [0.1, 0.15) is 30.7 Å². The van der Waals surface area contributed by atoms with E-state index in [1.165, 1.54) is 5.56 Å². The van der Waals surface area contributed by atoms with Crippen molar-refractivity contribution in [3.05, 3.63) is 33.7 Å². The maximum atomic E-state index is 11.3. The number of nitrogens with one attached hydrogen (secondary N) is 1. The Morgan fingerprint density at radius 2 is 2.14 bits per heavy atom. The molecule has 2 rings (SSSR count). The van der Waals surface area contributed by atoms with Crippen LogP contribution in [0.25, 0.3) is 10.1 Å². The lowest BCUT2D eigenvalue weighted by Crippen LogP contribution is -2.37. The molecule has 0 unspecified atom stereocenters. The molecule has 0 amide bonds. The second kappa shape index (κ2) is 6.77. The third kappa shape index (κ3) is 3.76. The molecule has 0 bridgehead atoms. The highest BCUT2D eigenvalue weighted by atomic mass is 35.5. The number of aliphatic carboxylic acids is 1. The van der Waals surface area contributed by atoms with Gasteiger partial charge in [0.25, 0.3) is 0 Å². The van der Waals surface area contributed by atoms with Crippen molar-refractivity contribution in [2.75, 3.05) is 0 Å². The Kier molecular flexibility index (Phi) is 5.25. The van der Waals surface area contributed by atoms with E-state index in [0.717, 1.165) is 20.0 Å². The first kappa shape index (κ1) is 16.3. The van der Waals surface area contributed by atoms with Crippen molar-refractivity contribution in [2.24, 2.45) is 5.92 Å². The van der Waals surface area contributed by atoms with Gasteiger partial charge in [0.15, 0.2) is 0 Å². The summed E-state index contributed by atoms with van der Waals surface area (Å²) >= 11 is 7.86. The summed E-state index contributed by atoms with van der Waals surface area (Å²) in [6.45, 7) is 6.68. The number of rotatable bonds is 6. The highest BCUT2D eigenvalue weighted by Gasteiger charge is 2.19. The molecule has 1 aromatic heterocycles. The Morgan fingerprint density at radius 1 is 1.43 bits per heavy atom. The Morgan fingerprint density at radius 3 is 2.71 bits per heavy atom. The van der Waals surface area contributed by atoms with Crippen LogP contribution in [-0.4, -0.2) is 17.1 Å². The molecular weight excluding hydrogens is 306 g/mol. The third-order valence-corrected chi connectivity index (χ3v) is 5.30. The molecule has 0 aliphatic heterocycles. The molecule has 1 heterocycles. The maximum Gasteiger partial charge on any atom is 0.320 e. The summed E-state index contributed by atoms with van der Waals surface area (Å²) in [4.78, 5) is 12.4. The minimum atomic E-state index is -0.791. The standard InChI is InChI=1S/C16H20ClNO2S/c1-9(2)7-13(16(19)20)18-8-14-10(3)11-5-4-6-12(17)15(11)21-14/h4-6,9,13,18H,7-8H2,1-3H3,(H,19,20)/t13-/m1/s1. The third-order valence-electron chi connectivity index (χ3n) is 3.53. The zero-order chi connectivity index (χ0) is 15.6. The van der Waals surface area contributed by atoms with Crippen LogP contribution in [-0.2, 0) is 11.3 Å². The molecule has 21 heavy (non-hydrogen) atoms. The summed E-state index contributed by atoms with van der Waals surface area (Å²) < 4.78 is 1.07. The molecule has 1 atom stereocenters. The van der Waals surface area contributed by atoms with Crippen LogP contribution in [0.3, 0.4) is 0 Å². The second-order valence-corrected chi connectivity index (χ2v) is 7.18. The van der Waals surface area contributed by atoms with Crippen molar-refractivity contribution >= 4 is 39.0 Å².